The smallest absolute Gasteiger partial charge is 0.333 e. The Bertz CT molecular complexity index is 384. The lowest BCUT2D eigenvalue weighted by atomic mass is 10.4. The molecule has 0 aliphatic heterocycles. The zero-order chi connectivity index (χ0) is 12.0. The fraction of sp³-hybridized carbons (Fsp3) is 0.300. The van der Waals surface area contributed by atoms with Gasteiger partial charge in [0.1, 0.15) is 12.9 Å². The first-order valence-corrected chi connectivity index (χ1v) is 4.62. The third-order valence-corrected chi connectivity index (χ3v) is 1.64. The fourth-order valence-corrected chi connectivity index (χ4v) is 0.852. The van der Waals surface area contributed by atoms with Gasteiger partial charge in [-0.1, -0.05) is 11.7 Å². The van der Waals surface area contributed by atoms with Gasteiger partial charge in [-0.2, -0.15) is 0 Å². The van der Waals surface area contributed by atoms with Crippen molar-refractivity contribution in [2.75, 3.05) is 13.2 Å². The molecule has 0 atom stereocenters. The predicted molar refractivity (Wildman–Crippen MR) is 54.6 cm³/mol. The van der Waals surface area contributed by atoms with Crippen LogP contribution in [0.1, 0.15) is 17.4 Å². The van der Waals surface area contributed by atoms with Crippen LogP contribution in [-0.4, -0.2) is 30.2 Å². The van der Waals surface area contributed by atoms with Gasteiger partial charge in [0.05, 0.1) is 6.54 Å². The zero-order valence-electron chi connectivity index (χ0n) is 8.86. The Hall–Kier alpha value is -2.11. The number of hydrogen-bond donors (Lipinski definition) is 1. The fourth-order valence-electron chi connectivity index (χ4n) is 0.852. The number of nitrogens with zero attached hydrogens (tertiary/aromatic N) is 1. The van der Waals surface area contributed by atoms with E-state index in [-0.39, 0.29) is 24.8 Å². The summed E-state index contributed by atoms with van der Waals surface area (Å²) in [5.74, 6) is -0.851. The first-order chi connectivity index (χ1) is 7.61. The molecule has 6 nitrogen and oxygen atoms in total. The van der Waals surface area contributed by atoms with E-state index in [1.165, 1.54) is 12.3 Å². The summed E-state index contributed by atoms with van der Waals surface area (Å²) in [4.78, 5) is 22.2. The van der Waals surface area contributed by atoms with Crippen molar-refractivity contribution in [3.63, 3.8) is 0 Å². The van der Waals surface area contributed by atoms with Crippen LogP contribution >= 0.6 is 0 Å². The van der Waals surface area contributed by atoms with Gasteiger partial charge < -0.3 is 14.6 Å². The van der Waals surface area contributed by atoms with Gasteiger partial charge in [-0.05, 0) is 6.92 Å². The van der Waals surface area contributed by atoms with E-state index in [2.05, 4.69) is 21.6 Å². The second-order valence-corrected chi connectivity index (χ2v) is 3.06. The van der Waals surface area contributed by atoms with Gasteiger partial charge in [-0.25, -0.2) is 4.79 Å². The molecule has 1 N–H and O–H groups in total. The van der Waals surface area contributed by atoms with Crippen LogP contribution < -0.4 is 5.32 Å². The number of hydrogen-bond acceptors (Lipinski definition) is 5. The molecule has 0 spiro atoms. The molecule has 1 heterocycles. The third kappa shape index (κ3) is 3.56. The average molecular weight is 224 g/mol. The molecule has 0 aromatic carbocycles. The number of esters is 1. The van der Waals surface area contributed by atoms with Crippen molar-refractivity contribution in [2.24, 2.45) is 0 Å². The number of nitrogens with one attached hydrogen (secondary N) is 1. The van der Waals surface area contributed by atoms with Crippen molar-refractivity contribution in [3.8, 4) is 0 Å². The Labute approximate surface area is 92.2 Å². The average Bonchev–Trinajstić information content (AvgIpc) is 2.76. The van der Waals surface area contributed by atoms with Crippen LogP contribution in [-0.2, 0) is 9.53 Å². The van der Waals surface area contributed by atoms with Crippen molar-refractivity contribution in [2.45, 2.75) is 6.92 Å². The van der Waals surface area contributed by atoms with E-state index in [1.54, 1.807) is 6.92 Å². The number of ether oxygens (including phenoxy) is 1. The van der Waals surface area contributed by atoms with E-state index < -0.39 is 5.97 Å². The summed E-state index contributed by atoms with van der Waals surface area (Å²) in [5, 5.41) is 5.96. The van der Waals surface area contributed by atoms with Gasteiger partial charge in [0.25, 0.3) is 5.91 Å². The predicted octanol–water partition coefficient (Wildman–Crippen LogP) is 0.524. The molecule has 0 unspecified atom stereocenters. The summed E-state index contributed by atoms with van der Waals surface area (Å²) in [5.41, 5.74) is 0.508. The van der Waals surface area contributed by atoms with Gasteiger partial charge in [-0.3, -0.25) is 4.79 Å². The Morgan fingerprint density at radius 2 is 2.38 bits per heavy atom. The van der Waals surface area contributed by atoms with Crippen molar-refractivity contribution in [1.29, 1.82) is 0 Å². The molecule has 1 aromatic rings. The highest BCUT2D eigenvalue weighted by molar-refractivity contribution is 5.92. The lowest BCUT2D eigenvalue weighted by Gasteiger charge is -2.04. The molecule has 1 amide bonds. The minimum absolute atomic E-state index is 0.0925. The molecule has 0 aliphatic carbocycles. The minimum atomic E-state index is -0.476. The van der Waals surface area contributed by atoms with Crippen LogP contribution in [0.25, 0.3) is 0 Å². The normalized spacial score (nSPS) is 9.56. The molecule has 16 heavy (non-hydrogen) atoms. The molecule has 0 saturated carbocycles. The van der Waals surface area contributed by atoms with Crippen molar-refractivity contribution in [3.05, 3.63) is 30.2 Å². The van der Waals surface area contributed by atoms with Crippen LogP contribution in [0.4, 0.5) is 0 Å². The summed E-state index contributed by atoms with van der Waals surface area (Å²) in [6.45, 7) is 5.28. The maximum Gasteiger partial charge on any atom is 0.333 e. The number of aromatic nitrogens is 1. The van der Waals surface area contributed by atoms with E-state index in [0.29, 0.717) is 5.57 Å². The van der Waals surface area contributed by atoms with E-state index in [1.807, 2.05) is 0 Å². The molecule has 0 bridgehead atoms. The van der Waals surface area contributed by atoms with Crippen LogP contribution in [0.2, 0.25) is 0 Å². The largest absolute Gasteiger partial charge is 0.460 e. The number of carbonyl (C=O) groups is 2. The van der Waals surface area contributed by atoms with Crippen molar-refractivity contribution in [1.82, 2.24) is 10.5 Å². The van der Waals surface area contributed by atoms with E-state index in [4.69, 9.17) is 4.74 Å². The summed E-state index contributed by atoms with van der Waals surface area (Å²) in [6, 6.07) is 1.44. The molecule has 0 aliphatic rings. The first kappa shape index (κ1) is 12.0. The number of amides is 1. The zero-order valence-corrected chi connectivity index (χ0v) is 8.86. The lowest BCUT2D eigenvalue weighted by molar-refractivity contribution is -0.138. The summed E-state index contributed by atoms with van der Waals surface area (Å²) < 4.78 is 9.28. The maximum atomic E-state index is 11.3. The number of rotatable bonds is 5. The Morgan fingerprint density at radius 1 is 1.62 bits per heavy atom. The second kappa shape index (κ2) is 5.69. The lowest BCUT2D eigenvalue weighted by Crippen LogP contribution is -2.28. The monoisotopic (exact) mass is 224 g/mol. The van der Waals surface area contributed by atoms with Crippen LogP contribution in [0.15, 0.2) is 29.0 Å². The van der Waals surface area contributed by atoms with Gasteiger partial charge in [0.15, 0.2) is 5.69 Å². The van der Waals surface area contributed by atoms with E-state index >= 15 is 0 Å². The minimum Gasteiger partial charge on any atom is -0.460 e. The summed E-state index contributed by atoms with van der Waals surface area (Å²) >= 11 is 0. The molecule has 6 heteroatoms. The van der Waals surface area contributed by atoms with E-state index in [9.17, 15) is 9.59 Å². The third-order valence-electron chi connectivity index (χ3n) is 1.64. The molecule has 1 aromatic heterocycles. The Morgan fingerprint density at radius 3 is 2.94 bits per heavy atom. The highest BCUT2D eigenvalue weighted by Crippen LogP contribution is 1.94. The van der Waals surface area contributed by atoms with Crippen molar-refractivity contribution >= 4 is 11.9 Å². The second-order valence-electron chi connectivity index (χ2n) is 3.06. The highest BCUT2D eigenvalue weighted by atomic mass is 16.5. The molecular weight excluding hydrogens is 212 g/mol. The summed E-state index contributed by atoms with van der Waals surface area (Å²) in [6.07, 6.45) is 1.30. The first-order valence-electron chi connectivity index (χ1n) is 4.62. The molecular formula is C10H12N2O4. The van der Waals surface area contributed by atoms with Gasteiger partial charge in [0, 0.05) is 11.6 Å². The topological polar surface area (TPSA) is 81.4 Å². The highest BCUT2D eigenvalue weighted by Gasteiger charge is 2.08. The Kier molecular flexibility index (Phi) is 4.26. The van der Waals surface area contributed by atoms with Crippen molar-refractivity contribution < 1.29 is 18.8 Å². The van der Waals surface area contributed by atoms with Crippen LogP contribution in [0.3, 0.4) is 0 Å². The van der Waals surface area contributed by atoms with Gasteiger partial charge in [-0.15, -0.1) is 0 Å². The maximum absolute atomic E-state index is 11.3. The standard InChI is InChI=1S/C10H12N2O4/c1-7(2)10(14)15-6-4-11-9(13)8-3-5-16-12-8/h3,5H,1,4,6H2,2H3,(H,11,13). The SMILES string of the molecule is C=C(C)C(=O)OCCNC(=O)c1ccon1. The molecule has 86 valence electrons. The Balaban J connectivity index is 2.19. The summed E-state index contributed by atoms with van der Waals surface area (Å²) in [7, 11) is 0. The molecule has 0 fully saturated rings. The van der Waals surface area contributed by atoms with Gasteiger partial charge in [0.2, 0.25) is 0 Å². The molecule has 0 radical (unpaired) electrons. The van der Waals surface area contributed by atoms with Gasteiger partial charge >= 0.3 is 5.97 Å². The molecule has 0 saturated heterocycles. The van der Waals surface area contributed by atoms with E-state index in [0.717, 1.165) is 0 Å². The van der Waals surface area contributed by atoms with Crippen LogP contribution in [0, 0.1) is 0 Å². The number of carbonyl (C=O) groups excluding carboxylic acids is 2. The quantitative estimate of drug-likeness (QED) is 0.448. The van der Waals surface area contributed by atoms with Crippen LogP contribution in [0.5, 0.6) is 0 Å². The molecule has 1 rings (SSSR count).